The first-order valence-corrected chi connectivity index (χ1v) is 5.86. The molecule has 0 radical (unpaired) electrons. The maximum absolute atomic E-state index is 13.5. The zero-order valence-corrected chi connectivity index (χ0v) is 10.7. The Labute approximate surface area is 102 Å². The average molecular weight is 297 g/mol. The van der Waals surface area contributed by atoms with Crippen LogP contribution in [0.15, 0.2) is 0 Å². The number of hydrogen-bond donors (Lipinski definition) is 0. The summed E-state index contributed by atoms with van der Waals surface area (Å²) < 4.78 is 22.6. The van der Waals surface area contributed by atoms with E-state index in [0.717, 1.165) is 0 Å². The fourth-order valence-electron chi connectivity index (χ4n) is 1.93. The van der Waals surface area contributed by atoms with Gasteiger partial charge in [0.2, 0.25) is 0 Å². The molecule has 0 aliphatic heterocycles. The Hall–Kier alpha value is -0.650. The summed E-state index contributed by atoms with van der Waals surface area (Å²) >= 11 is 3.16. The van der Waals surface area contributed by atoms with Crippen LogP contribution in [-0.2, 0) is 19.1 Å². The number of carbonyl (C=O) groups is 2. The number of carbonyl (C=O) groups excluding carboxylic acids is 2. The predicted octanol–water partition coefficient (Wildman–Crippen LogP) is 1.46. The highest BCUT2D eigenvalue weighted by molar-refractivity contribution is 9.09. The van der Waals surface area contributed by atoms with Crippen LogP contribution in [0.4, 0.5) is 4.39 Å². The minimum absolute atomic E-state index is 0.0116. The summed E-state index contributed by atoms with van der Waals surface area (Å²) in [4.78, 5) is 22.5. The van der Waals surface area contributed by atoms with Crippen LogP contribution >= 0.6 is 15.9 Å². The third-order valence-corrected chi connectivity index (χ3v) is 3.79. The van der Waals surface area contributed by atoms with Crippen LogP contribution in [0, 0.1) is 11.8 Å². The summed E-state index contributed by atoms with van der Waals surface area (Å²) in [5.74, 6) is -2.43. The van der Waals surface area contributed by atoms with Crippen molar-refractivity contribution in [3.05, 3.63) is 0 Å². The molecule has 1 aliphatic carbocycles. The smallest absolute Gasteiger partial charge is 0.309 e. The van der Waals surface area contributed by atoms with Gasteiger partial charge in [0.1, 0.15) is 6.17 Å². The third-order valence-electron chi connectivity index (χ3n) is 2.84. The van der Waals surface area contributed by atoms with Gasteiger partial charge >= 0.3 is 11.9 Å². The number of alkyl halides is 2. The first-order valence-electron chi connectivity index (χ1n) is 4.95. The second-order valence-corrected chi connectivity index (χ2v) is 4.94. The summed E-state index contributed by atoms with van der Waals surface area (Å²) in [5, 5.41) is 0. The molecule has 4 atom stereocenters. The molecule has 0 unspecified atom stereocenters. The van der Waals surface area contributed by atoms with Gasteiger partial charge < -0.3 is 9.47 Å². The van der Waals surface area contributed by atoms with Crippen molar-refractivity contribution in [3.8, 4) is 0 Å². The Morgan fingerprint density at radius 1 is 1.12 bits per heavy atom. The van der Waals surface area contributed by atoms with E-state index < -0.39 is 34.8 Å². The van der Waals surface area contributed by atoms with Gasteiger partial charge in [0.25, 0.3) is 0 Å². The zero-order valence-electron chi connectivity index (χ0n) is 9.11. The molecule has 0 aromatic heterocycles. The Kier molecular flexibility index (Phi) is 4.70. The monoisotopic (exact) mass is 296 g/mol. The Balaban J connectivity index is 2.83. The molecular formula is C10H14BrFO4. The van der Waals surface area contributed by atoms with E-state index in [1.165, 1.54) is 14.2 Å². The van der Waals surface area contributed by atoms with Crippen molar-refractivity contribution in [3.63, 3.8) is 0 Å². The minimum Gasteiger partial charge on any atom is -0.469 e. The molecular weight excluding hydrogens is 283 g/mol. The Bertz CT molecular complexity index is 256. The van der Waals surface area contributed by atoms with E-state index in [2.05, 4.69) is 25.4 Å². The van der Waals surface area contributed by atoms with E-state index in [1.807, 2.05) is 0 Å². The molecule has 4 nitrogen and oxygen atoms in total. The van der Waals surface area contributed by atoms with Crippen LogP contribution in [0.3, 0.4) is 0 Å². The van der Waals surface area contributed by atoms with Crippen LogP contribution in [0.1, 0.15) is 12.8 Å². The number of esters is 2. The molecule has 92 valence electrons. The summed E-state index contributed by atoms with van der Waals surface area (Å²) in [5.41, 5.74) is 0. The zero-order chi connectivity index (χ0) is 12.3. The lowest BCUT2D eigenvalue weighted by Gasteiger charge is -2.32. The molecule has 1 saturated carbocycles. The van der Waals surface area contributed by atoms with Gasteiger partial charge in [0.15, 0.2) is 0 Å². The molecule has 0 heterocycles. The van der Waals surface area contributed by atoms with Gasteiger partial charge in [-0.15, -0.1) is 0 Å². The third kappa shape index (κ3) is 2.72. The molecule has 0 aromatic rings. The van der Waals surface area contributed by atoms with E-state index in [9.17, 15) is 14.0 Å². The fourth-order valence-corrected chi connectivity index (χ4v) is 2.55. The number of ether oxygens (including phenoxy) is 2. The molecule has 1 rings (SSSR count). The summed E-state index contributed by atoms with van der Waals surface area (Å²) in [6.07, 6.45) is -0.916. The highest BCUT2D eigenvalue weighted by Gasteiger charge is 2.44. The van der Waals surface area contributed by atoms with Crippen LogP contribution in [-0.4, -0.2) is 37.2 Å². The molecule has 0 saturated heterocycles. The summed E-state index contributed by atoms with van der Waals surface area (Å²) in [7, 11) is 2.48. The normalized spacial score (nSPS) is 34.2. The maximum atomic E-state index is 13.5. The topological polar surface area (TPSA) is 52.6 Å². The summed E-state index contributed by atoms with van der Waals surface area (Å²) in [6, 6.07) is 0. The fraction of sp³-hybridized carbons (Fsp3) is 0.800. The van der Waals surface area contributed by atoms with Crippen LogP contribution < -0.4 is 0 Å². The van der Waals surface area contributed by atoms with Crippen LogP contribution in [0.5, 0.6) is 0 Å². The average Bonchev–Trinajstić information content (AvgIpc) is 2.30. The van der Waals surface area contributed by atoms with Gasteiger partial charge in [-0.1, -0.05) is 15.9 Å². The lowest BCUT2D eigenvalue weighted by Crippen LogP contribution is -2.42. The largest absolute Gasteiger partial charge is 0.469 e. The standard InChI is InChI=1S/C10H14BrFO4/c1-15-9(13)5-3-7(11)8(12)4-6(5)10(14)16-2/h5-8H,3-4H2,1-2H3/t5-,6+,7+,8+/m0/s1. The van der Waals surface area contributed by atoms with Crippen molar-refractivity contribution in [2.45, 2.75) is 23.8 Å². The van der Waals surface area contributed by atoms with E-state index in [0.29, 0.717) is 0 Å². The lowest BCUT2D eigenvalue weighted by molar-refractivity contribution is -0.160. The van der Waals surface area contributed by atoms with E-state index >= 15 is 0 Å². The molecule has 16 heavy (non-hydrogen) atoms. The van der Waals surface area contributed by atoms with Gasteiger partial charge in [-0.2, -0.15) is 0 Å². The van der Waals surface area contributed by atoms with E-state index in [-0.39, 0.29) is 12.8 Å². The number of rotatable bonds is 2. The molecule has 1 aliphatic rings. The second kappa shape index (κ2) is 5.61. The predicted molar refractivity (Wildman–Crippen MR) is 57.9 cm³/mol. The highest BCUT2D eigenvalue weighted by atomic mass is 79.9. The molecule has 0 amide bonds. The molecule has 0 spiro atoms. The lowest BCUT2D eigenvalue weighted by atomic mass is 9.78. The molecule has 0 bridgehead atoms. The molecule has 1 fully saturated rings. The van der Waals surface area contributed by atoms with Crippen molar-refractivity contribution in [2.75, 3.05) is 14.2 Å². The number of methoxy groups -OCH3 is 2. The second-order valence-electron chi connectivity index (χ2n) is 3.76. The SMILES string of the molecule is COC(=O)[C@H]1C[C@@H](Br)[C@H](F)C[C@H]1C(=O)OC. The van der Waals surface area contributed by atoms with Crippen molar-refractivity contribution in [1.82, 2.24) is 0 Å². The van der Waals surface area contributed by atoms with Crippen LogP contribution in [0.25, 0.3) is 0 Å². The first-order chi connectivity index (χ1) is 7.51. The minimum atomic E-state index is -1.15. The van der Waals surface area contributed by atoms with Crippen molar-refractivity contribution < 1.29 is 23.5 Å². The van der Waals surface area contributed by atoms with E-state index in [4.69, 9.17) is 0 Å². The molecule has 0 aromatic carbocycles. The van der Waals surface area contributed by atoms with Gasteiger partial charge in [0, 0.05) is 4.83 Å². The summed E-state index contributed by atoms with van der Waals surface area (Å²) in [6.45, 7) is 0. The molecule has 0 N–H and O–H groups in total. The van der Waals surface area contributed by atoms with Crippen molar-refractivity contribution in [1.29, 1.82) is 0 Å². The van der Waals surface area contributed by atoms with Gasteiger partial charge in [-0.05, 0) is 12.8 Å². The molecule has 6 heteroatoms. The maximum Gasteiger partial charge on any atom is 0.309 e. The number of hydrogen-bond acceptors (Lipinski definition) is 4. The highest BCUT2D eigenvalue weighted by Crippen LogP contribution is 2.37. The van der Waals surface area contributed by atoms with Gasteiger partial charge in [-0.25, -0.2) is 4.39 Å². The van der Waals surface area contributed by atoms with Gasteiger partial charge in [-0.3, -0.25) is 9.59 Å². The number of halogens is 2. The quantitative estimate of drug-likeness (QED) is 0.572. The van der Waals surface area contributed by atoms with Gasteiger partial charge in [0.05, 0.1) is 26.1 Å². The van der Waals surface area contributed by atoms with Crippen molar-refractivity contribution in [2.24, 2.45) is 11.8 Å². The Morgan fingerprint density at radius 3 is 2.00 bits per heavy atom. The first kappa shape index (κ1) is 13.4. The Morgan fingerprint density at radius 2 is 1.56 bits per heavy atom. The van der Waals surface area contributed by atoms with Crippen molar-refractivity contribution >= 4 is 27.9 Å². The van der Waals surface area contributed by atoms with Crippen LogP contribution in [0.2, 0.25) is 0 Å². The van der Waals surface area contributed by atoms with E-state index in [1.54, 1.807) is 0 Å².